The van der Waals surface area contributed by atoms with E-state index in [0.717, 1.165) is 3.57 Å². The zero-order valence-electron chi connectivity index (χ0n) is 6.82. The van der Waals surface area contributed by atoms with Crippen LogP contribution in [0.4, 0.5) is 0 Å². The minimum atomic E-state index is -3.50. The third kappa shape index (κ3) is 2.90. The molecule has 0 fully saturated rings. The number of halogens is 1. The summed E-state index contributed by atoms with van der Waals surface area (Å²) in [6.45, 7) is 0. The molecule has 0 bridgehead atoms. The summed E-state index contributed by atoms with van der Waals surface area (Å²) in [4.78, 5) is 6.47. The van der Waals surface area contributed by atoms with Crippen LogP contribution >= 0.6 is 22.6 Å². The first-order valence-electron chi connectivity index (χ1n) is 3.36. The Morgan fingerprint density at radius 1 is 1.31 bits per heavy atom. The molecule has 1 aromatic rings. The van der Waals surface area contributed by atoms with Crippen LogP contribution in [0.2, 0.25) is 0 Å². The molecule has 0 aliphatic heterocycles. The standard InChI is InChI=1S/C7H8INO3S/c1-12-9-13(10,11)7-4-2-6(8)3-5-7/h2-5,9H,1H3. The number of rotatable bonds is 3. The molecule has 0 saturated heterocycles. The zero-order chi connectivity index (χ0) is 9.90. The van der Waals surface area contributed by atoms with Crippen LogP contribution in [0, 0.1) is 3.57 Å². The predicted molar refractivity (Wildman–Crippen MR) is 56.5 cm³/mol. The summed E-state index contributed by atoms with van der Waals surface area (Å²) in [5.74, 6) is 0. The SMILES string of the molecule is CONS(=O)(=O)c1ccc(I)cc1. The summed E-state index contributed by atoms with van der Waals surface area (Å²) in [6.07, 6.45) is 0. The van der Waals surface area contributed by atoms with E-state index in [-0.39, 0.29) is 4.90 Å². The van der Waals surface area contributed by atoms with Gasteiger partial charge in [0.05, 0.1) is 12.0 Å². The second-order valence-electron chi connectivity index (χ2n) is 2.24. The predicted octanol–water partition coefficient (Wildman–Crippen LogP) is 1.13. The maximum absolute atomic E-state index is 11.3. The largest absolute Gasteiger partial charge is 0.290 e. The highest BCUT2D eigenvalue weighted by Gasteiger charge is 2.12. The topological polar surface area (TPSA) is 55.4 Å². The Hall–Kier alpha value is -0.180. The molecule has 72 valence electrons. The van der Waals surface area contributed by atoms with Crippen molar-refractivity contribution in [3.63, 3.8) is 0 Å². The lowest BCUT2D eigenvalue weighted by Gasteiger charge is -2.03. The Morgan fingerprint density at radius 2 is 1.85 bits per heavy atom. The first-order valence-corrected chi connectivity index (χ1v) is 5.93. The lowest BCUT2D eigenvalue weighted by Crippen LogP contribution is -2.22. The van der Waals surface area contributed by atoms with Gasteiger partial charge in [-0.3, -0.25) is 4.84 Å². The molecule has 1 N–H and O–H groups in total. The maximum Gasteiger partial charge on any atom is 0.262 e. The first-order chi connectivity index (χ1) is 6.06. The van der Waals surface area contributed by atoms with E-state index < -0.39 is 10.0 Å². The smallest absolute Gasteiger partial charge is 0.262 e. The second kappa shape index (κ2) is 4.36. The average molecular weight is 313 g/mol. The van der Waals surface area contributed by atoms with Gasteiger partial charge in [0.25, 0.3) is 10.0 Å². The van der Waals surface area contributed by atoms with Gasteiger partial charge < -0.3 is 0 Å². The lowest BCUT2D eigenvalue weighted by atomic mass is 10.4. The van der Waals surface area contributed by atoms with Crippen molar-refractivity contribution in [1.29, 1.82) is 0 Å². The van der Waals surface area contributed by atoms with Crippen molar-refractivity contribution in [2.45, 2.75) is 4.90 Å². The van der Waals surface area contributed by atoms with Crippen molar-refractivity contribution in [1.82, 2.24) is 4.89 Å². The fourth-order valence-corrected chi connectivity index (χ4v) is 1.94. The molecular formula is C7H8INO3S. The molecule has 6 heteroatoms. The number of sulfonamides is 1. The van der Waals surface area contributed by atoms with Crippen LogP contribution < -0.4 is 4.89 Å². The van der Waals surface area contributed by atoms with Gasteiger partial charge in [-0.2, -0.15) is 0 Å². The van der Waals surface area contributed by atoms with Crippen LogP contribution in [0.3, 0.4) is 0 Å². The molecule has 0 radical (unpaired) electrons. The minimum absolute atomic E-state index is 0.190. The number of nitrogens with one attached hydrogen (secondary N) is 1. The van der Waals surface area contributed by atoms with Crippen LogP contribution in [-0.4, -0.2) is 15.5 Å². The van der Waals surface area contributed by atoms with E-state index in [1.165, 1.54) is 19.2 Å². The minimum Gasteiger partial charge on any atom is -0.290 e. The van der Waals surface area contributed by atoms with Crippen molar-refractivity contribution in [2.75, 3.05) is 7.11 Å². The van der Waals surface area contributed by atoms with Crippen molar-refractivity contribution < 1.29 is 13.3 Å². The number of benzene rings is 1. The summed E-state index contributed by atoms with van der Waals surface area (Å²) < 4.78 is 23.6. The van der Waals surface area contributed by atoms with Crippen LogP contribution in [-0.2, 0) is 14.9 Å². The van der Waals surface area contributed by atoms with Gasteiger partial charge in [0, 0.05) is 3.57 Å². The first kappa shape index (κ1) is 10.9. The van der Waals surface area contributed by atoms with E-state index in [4.69, 9.17) is 0 Å². The molecule has 0 amide bonds. The molecule has 0 unspecified atom stereocenters. The van der Waals surface area contributed by atoms with Crippen LogP contribution in [0.5, 0.6) is 0 Å². The Kier molecular flexibility index (Phi) is 3.65. The molecule has 0 aliphatic carbocycles. The normalized spacial score (nSPS) is 11.5. The Morgan fingerprint density at radius 3 is 2.31 bits per heavy atom. The van der Waals surface area contributed by atoms with E-state index in [0.29, 0.717) is 0 Å². The molecule has 13 heavy (non-hydrogen) atoms. The third-order valence-electron chi connectivity index (χ3n) is 1.32. The summed E-state index contributed by atoms with van der Waals surface area (Å²) in [5.41, 5.74) is 0. The van der Waals surface area contributed by atoms with Crippen LogP contribution in [0.25, 0.3) is 0 Å². The van der Waals surface area contributed by atoms with Gasteiger partial charge in [-0.05, 0) is 46.9 Å². The van der Waals surface area contributed by atoms with E-state index in [9.17, 15) is 8.42 Å². The molecule has 0 aliphatic rings. The molecule has 1 aromatic carbocycles. The highest BCUT2D eigenvalue weighted by Crippen LogP contribution is 2.11. The Balaban J connectivity index is 3.02. The maximum atomic E-state index is 11.3. The fourth-order valence-electron chi connectivity index (χ4n) is 0.772. The quantitative estimate of drug-likeness (QED) is 0.672. The van der Waals surface area contributed by atoms with Gasteiger partial charge in [0.15, 0.2) is 0 Å². The lowest BCUT2D eigenvalue weighted by molar-refractivity contribution is 0.153. The summed E-state index contributed by atoms with van der Waals surface area (Å²) >= 11 is 2.10. The molecule has 0 atom stereocenters. The summed E-state index contributed by atoms with van der Waals surface area (Å²) in [5, 5.41) is 0. The molecule has 0 heterocycles. The number of hydrogen-bond donors (Lipinski definition) is 1. The van der Waals surface area contributed by atoms with Crippen LogP contribution in [0.15, 0.2) is 29.2 Å². The zero-order valence-corrected chi connectivity index (χ0v) is 9.79. The summed E-state index contributed by atoms with van der Waals surface area (Å²) in [6, 6.07) is 6.46. The second-order valence-corrected chi connectivity index (χ2v) is 5.14. The highest BCUT2D eigenvalue weighted by atomic mass is 127. The molecule has 4 nitrogen and oxygen atoms in total. The van der Waals surface area contributed by atoms with Gasteiger partial charge >= 0.3 is 0 Å². The van der Waals surface area contributed by atoms with E-state index in [2.05, 4.69) is 27.4 Å². The van der Waals surface area contributed by atoms with E-state index in [1.807, 2.05) is 4.89 Å². The summed E-state index contributed by atoms with van der Waals surface area (Å²) in [7, 11) is -2.25. The molecular weight excluding hydrogens is 305 g/mol. The Bertz CT molecular complexity index is 373. The molecule has 0 aromatic heterocycles. The number of hydrogen-bond acceptors (Lipinski definition) is 3. The third-order valence-corrected chi connectivity index (χ3v) is 3.31. The van der Waals surface area contributed by atoms with E-state index in [1.54, 1.807) is 12.1 Å². The van der Waals surface area contributed by atoms with Crippen LogP contribution in [0.1, 0.15) is 0 Å². The van der Waals surface area contributed by atoms with Crippen molar-refractivity contribution in [3.05, 3.63) is 27.8 Å². The Labute approximate surface area is 90.4 Å². The van der Waals surface area contributed by atoms with Gasteiger partial charge in [-0.1, -0.05) is 4.89 Å². The van der Waals surface area contributed by atoms with Crippen molar-refractivity contribution >= 4 is 32.6 Å². The van der Waals surface area contributed by atoms with E-state index >= 15 is 0 Å². The fraction of sp³-hybridized carbons (Fsp3) is 0.143. The van der Waals surface area contributed by atoms with Gasteiger partial charge in [0.2, 0.25) is 0 Å². The molecule has 0 spiro atoms. The van der Waals surface area contributed by atoms with Gasteiger partial charge in [-0.25, -0.2) is 8.42 Å². The van der Waals surface area contributed by atoms with Crippen molar-refractivity contribution in [2.24, 2.45) is 0 Å². The van der Waals surface area contributed by atoms with Crippen molar-refractivity contribution in [3.8, 4) is 0 Å². The average Bonchev–Trinajstić information content (AvgIpc) is 2.05. The molecule has 0 saturated carbocycles. The highest BCUT2D eigenvalue weighted by molar-refractivity contribution is 14.1. The monoisotopic (exact) mass is 313 g/mol. The molecule has 1 rings (SSSR count). The van der Waals surface area contributed by atoms with Gasteiger partial charge in [0.1, 0.15) is 0 Å². The van der Waals surface area contributed by atoms with Gasteiger partial charge in [-0.15, -0.1) is 0 Å².